The summed E-state index contributed by atoms with van der Waals surface area (Å²) in [5.74, 6) is 0. The molecular formula is C20H26N2O2. The highest BCUT2D eigenvalue weighted by Gasteiger charge is 2.34. The molecule has 24 heavy (non-hydrogen) atoms. The van der Waals surface area contributed by atoms with E-state index in [4.69, 9.17) is 0 Å². The van der Waals surface area contributed by atoms with E-state index in [9.17, 15) is 10.2 Å². The molecule has 4 nitrogen and oxygen atoms in total. The van der Waals surface area contributed by atoms with E-state index in [1.54, 1.807) is 0 Å². The van der Waals surface area contributed by atoms with Crippen LogP contribution in [0.5, 0.6) is 0 Å². The first-order chi connectivity index (χ1) is 11.4. The number of hydrogen-bond donors (Lipinski definition) is 4. The molecule has 2 atom stereocenters. The molecule has 0 aromatic heterocycles. The highest BCUT2D eigenvalue weighted by molar-refractivity contribution is 5.72. The quantitative estimate of drug-likeness (QED) is 0.690. The van der Waals surface area contributed by atoms with Gasteiger partial charge in [-0.05, 0) is 51.0 Å². The lowest BCUT2D eigenvalue weighted by Crippen LogP contribution is -2.24. The fraction of sp³-hybridized carbons (Fsp3) is 0.400. The van der Waals surface area contributed by atoms with Gasteiger partial charge < -0.3 is 20.8 Å². The lowest BCUT2D eigenvalue weighted by atomic mass is 9.80. The largest absolute Gasteiger partial charge is 0.384 e. The van der Waals surface area contributed by atoms with Crippen molar-refractivity contribution in [2.45, 2.75) is 52.0 Å². The Morgan fingerprint density at radius 3 is 1.42 bits per heavy atom. The van der Waals surface area contributed by atoms with Crippen LogP contribution in [0.2, 0.25) is 0 Å². The first-order valence-electron chi connectivity index (χ1n) is 8.55. The maximum atomic E-state index is 11.0. The van der Waals surface area contributed by atoms with Gasteiger partial charge in [0, 0.05) is 34.6 Å². The smallest absolute Gasteiger partial charge is 0.107 e. The molecule has 128 valence electrons. The first kappa shape index (κ1) is 16.8. The summed E-state index contributed by atoms with van der Waals surface area (Å²) in [7, 11) is 0. The fourth-order valence-electron chi connectivity index (χ4n) is 3.42. The monoisotopic (exact) mass is 326 g/mol. The van der Waals surface area contributed by atoms with E-state index in [-0.39, 0.29) is 12.1 Å². The highest BCUT2D eigenvalue weighted by Crippen LogP contribution is 2.47. The van der Waals surface area contributed by atoms with Crippen molar-refractivity contribution >= 4 is 11.4 Å². The lowest BCUT2D eigenvalue weighted by Gasteiger charge is -2.33. The molecule has 0 saturated heterocycles. The van der Waals surface area contributed by atoms with Crippen LogP contribution in [0.1, 0.15) is 62.2 Å². The van der Waals surface area contributed by atoms with Crippen molar-refractivity contribution in [3.8, 4) is 0 Å². The standard InChI is InChI=1S/C20H26N2O2/c1-11(2)21-15-9-10-16(22-12(3)4)18-17(15)19(23)13-7-5-6-8-14(13)20(18)24/h5-12,19-24H,1-4H3. The third-order valence-electron chi connectivity index (χ3n) is 4.31. The van der Waals surface area contributed by atoms with Crippen LogP contribution in [0.25, 0.3) is 0 Å². The van der Waals surface area contributed by atoms with Gasteiger partial charge in [-0.1, -0.05) is 24.3 Å². The molecule has 1 aliphatic carbocycles. The summed E-state index contributed by atoms with van der Waals surface area (Å²) >= 11 is 0. The predicted octanol–water partition coefficient (Wildman–Crippen LogP) is 3.80. The number of anilines is 2. The third-order valence-corrected chi connectivity index (χ3v) is 4.31. The zero-order valence-corrected chi connectivity index (χ0v) is 14.7. The van der Waals surface area contributed by atoms with Gasteiger partial charge in [-0.25, -0.2) is 0 Å². The summed E-state index contributed by atoms with van der Waals surface area (Å²) in [6.07, 6.45) is -1.51. The first-order valence-corrected chi connectivity index (χ1v) is 8.55. The molecule has 2 aromatic carbocycles. The van der Waals surface area contributed by atoms with Crippen molar-refractivity contribution in [2.24, 2.45) is 0 Å². The molecule has 0 saturated carbocycles. The van der Waals surface area contributed by atoms with E-state index < -0.39 is 12.2 Å². The van der Waals surface area contributed by atoms with Crippen LogP contribution in [0.4, 0.5) is 11.4 Å². The molecule has 2 unspecified atom stereocenters. The van der Waals surface area contributed by atoms with Gasteiger partial charge in [-0.2, -0.15) is 0 Å². The van der Waals surface area contributed by atoms with Gasteiger partial charge in [0.25, 0.3) is 0 Å². The van der Waals surface area contributed by atoms with Crippen molar-refractivity contribution in [2.75, 3.05) is 10.6 Å². The second kappa shape index (κ2) is 6.46. The van der Waals surface area contributed by atoms with Crippen LogP contribution in [-0.4, -0.2) is 22.3 Å². The summed E-state index contributed by atoms with van der Waals surface area (Å²) in [4.78, 5) is 0. The van der Waals surface area contributed by atoms with Gasteiger partial charge in [-0.15, -0.1) is 0 Å². The SMILES string of the molecule is CC(C)Nc1ccc(NC(C)C)c2c1C(O)c1ccccc1C2O. The molecule has 0 radical (unpaired) electrons. The van der Waals surface area contributed by atoms with Gasteiger partial charge in [0.2, 0.25) is 0 Å². The number of hydrogen-bond acceptors (Lipinski definition) is 4. The molecule has 1 aliphatic rings. The molecule has 0 fully saturated rings. The van der Waals surface area contributed by atoms with Gasteiger partial charge in [0.05, 0.1) is 0 Å². The van der Waals surface area contributed by atoms with E-state index in [0.29, 0.717) is 0 Å². The van der Waals surface area contributed by atoms with Crippen molar-refractivity contribution in [1.82, 2.24) is 0 Å². The second-order valence-electron chi connectivity index (χ2n) is 7.02. The Morgan fingerprint density at radius 1 is 0.708 bits per heavy atom. The highest BCUT2D eigenvalue weighted by atomic mass is 16.3. The molecule has 3 rings (SSSR count). The lowest BCUT2D eigenvalue weighted by molar-refractivity contribution is 0.174. The van der Waals surface area contributed by atoms with Gasteiger partial charge in [-0.3, -0.25) is 0 Å². The molecule has 2 aromatic rings. The Hall–Kier alpha value is -2.04. The summed E-state index contributed by atoms with van der Waals surface area (Å²) in [6, 6.07) is 12.0. The Morgan fingerprint density at radius 2 is 1.08 bits per heavy atom. The van der Waals surface area contributed by atoms with E-state index in [0.717, 1.165) is 33.6 Å². The average molecular weight is 326 g/mol. The van der Waals surface area contributed by atoms with Crippen LogP contribution in [-0.2, 0) is 0 Å². The Balaban J connectivity index is 2.22. The predicted molar refractivity (Wildman–Crippen MR) is 98.5 cm³/mol. The summed E-state index contributed by atoms with van der Waals surface area (Å²) in [6.45, 7) is 8.25. The number of aliphatic hydroxyl groups is 2. The van der Waals surface area contributed by atoms with Crippen molar-refractivity contribution < 1.29 is 10.2 Å². The molecule has 0 aliphatic heterocycles. The average Bonchev–Trinajstić information content (AvgIpc) is 2.53. The van der Waals surface area contributed by atoms with Crippen LogP contribution < -0.4 is 10.6 Å². The molecule has 0 amide bonds. The van der Waals surface area contributed by atoms with Gasteiger partial charge in [0.15, 0.2) is 0 Å². The molecule has 0 heterocycles. The van der Waals surface area contributed by atoms with Crippen LogP contribution in [0.15, 0.2) is 36.4 Å². The topological polar surface area (TPSA) is 64.5 Å². The molecular weight excluding hydrogens is 300 g/mol. The molecule has 0 bridgehead atoms. The van der Waals surface area contributed by atoms with Crippen LogP contribution >= 0.6 is 0 Å². The van der Waals surface area contributed by atoms with Gasteiger partial charge in [0.1, 0.15) is 12.2 Å². The zero-order chi connectivity index (χ0) is 17.4. The van der Waals surface area contributed by atoms with Crippen molar-refractivity contribution in [1.29, 1.82) is 0 Å². The number of rotatable bonds is 4. The maximum absolute atomic E-state index is 11.0. The second-order valence-corrected chi connectivity index (χ2v) is 7.02. The molecule has 4 heteroatoms. The van der Waals surface area contributed by atoms with Gasteiger partial charge >= 0.3 is 0 Å². The summed E-state index contributed by atoms with van der Waals surface area (Å²) < 4.78 is 0. The van der Waals surface area contributed by atoms with E-state index >= 15 is 0 Å². The maximum Gasteiger partial charge on any atom is 0.107 e. The summed E-state index contributed by atoms with van der Waals surface area (Å²) in [5, 5.41) is 28.8. The van der Waals surface area contributed by atoms with Crippen molar-refractivity contribution in [3.05, 3.63) is 58.7 Å². The number of nitrogens with one attached hydrogen (secondary N) is 2. The Kier molecular flexibility index (Phi) is 4.52. The fourth-order valence-corrected chi connectivity index (χ4v) is 3.42. The number of aliphatic hydroxyl groups excluding tert-OH is 2. The normalized spacial score (nSPS) is 19.2. The molecule has 0 spiro atoms. The summed E-state index contributed by atoms with van der Waals surface area (Å²) in [5.41, 5.74) is 4.81. The van der Waals surface area contributed by atoms with Crippen LogP contribution in [0.3, 0.4) is 0 Å². The Labute approximate surface area is 143 Å². The van der Waals surface area contributed by atoms with Crippen LogP contribution in [0, 0.1) is 0 Å². The minimum atomic E-state index is -0.755. The number of benzene rings is 2. The van der Waals surface area contributed by atoms with E-state index in [1.165, 1.54) is 0 Å². The minimum absolute atomic E-state index is 0.236. The van der Waals surface area contributed by atoms with E-state index in [2.05, 4.69) is 38.3 Å². The Bertz CT molecular complexity index is 678. The minimum Gasteiger partial charge on any atom is -0.384 e. The van der Waals surface area contributed by atoms with E-state index in [1.807, 2.05) is 36.4 Å². The zero-order valence-electron chi connectivity index (χ0n) is 14.7. The molecule has 4 N–H and O–H groups in total. The third kappa shape index (κ3) is 2.87. The van der Waals surface area contributed by atoms with Crippen molar-refractivity contribution in [3.63, 3.8) is 0 Å². The number of fused-ring (bicyclic) bond motifs is 2.